The molecule has 2 heterocycles. The molecule has 0 aliphatic carbocycles. The summed E-state index contributed by atoms with van der Waals surface area (Å²) >= 11 is 0. The van der Waals surface area contributed by atoms with E-state index in [2.05, 4.69) is 42.2 Å². The third-order valence-corrected chi connectivity index (χ3v) is 6.90. The lowest BCUT2D eigenvalue weighted by molar-refractivity contribution is -0.134. The summed E-state index contributed by atoms with van der Waals surface area (Å²) in [5, 5.41) is 28.7. The summed E-state index contributed by atoms with van der Waals surface area (Å²) < 4.78 is 0. The van der Waals surface area contributed by atoms with Crippen LogP contribution in [0.5, 0.6) is 0 Å². The monoisotopic (exact) mass is 668 g/mol. The summed E-state index contributed by atoms with van der Waals surface area (Å²) in [5.74, 6) is -5.62. The number of guanidine groups is 1. The third kappa shape index (κ3) is 12.7. The number of aliphatic hydroxyl groups excluding tert-OH is 1. The van der Waals surface area contributed by atoms with Gasteiger partial charge < -0.3 is 76.3 Å². The molecule has 1 fully saturated rings. The first kappa shape index (κ1) is 38.1. The normalized spacial score (nSPS) is 26.3. The molecule has 0 saturated carbocycles. The van der Waals surface area contributed by atoms with Crippen molar-refractivity contribution in [3.05, 3.63) is 11.9 Å². The molecular weight excluding hydrogens is 624 g/mol. The molecule has 0 aromatic carbocycles. The molecule has 2 aliphatic heterocycles. The molecule has 22 nitrogen and oxygen atoms in total. The van der Waals surface area contributed by atoms with Gasteiger partial charge in [-0.25, -0.2) is 4.79 Å². The molecule has 2 rings (SSSR count). The molecule has 8 amide bonds. The number of aliphatic hydroxyl groups is 1. The topological polar surface area (TPSA) is 378 Å². The minimum Gasteiger partial charge on any atom is -0.394 e. The van der Waals surface area contributed by atoms with Crippen molar-refractivity contribution in [2.75, 3.05) is 32.8 Å². The predicted octanol–water partition coefficient (Wildman–Crippen LogP) is -8.23. The Morgan fingerprint density at radius 2 is 1.72 bits per heavy atom. The second-order valence-corrected chi connectivity index (χ2v) is 10.7. The first-order valence-corrected chi connectivity index (χ1v) is 14.7. The van der Waals surface area contributed by atoms with Crippen LogP contribution in [0.4, 0.5) is 4.79 Å². The highest BCUT2D eigenvalue weighted by atomic mass is 16.3. The number of rotatable bonds is 10. The lowest BCUT2D eigenvalue weighted by Gasteiger charge is -2.31. The van der Waals surface area contributed by atoms with Crippen molar-refractivity contribution in [2.24, 2.45) is 33.7 Å². The van der Waals surface area contributed by atoms with Crippen LogP contribution < -0.4 is 71.2 Å². The van der Waals surface area contributed by atoms with Crippen molar-refractivity contribution < 1.29 is 38.7 Å². The van der Waals surface area contributed by atoms with Gasteiger partial charge in [-0.15, -0.1) is 0 Å². The minimum absolute atomic E-state index is 0.0120. The number of nitrogens with one attached hydrogen (secondary N) is 8. The SMILES string of the molecule is NCCC[C@H](N)CC(=O)NC[C@@H]1NC(=O)[C@H](CO)NC(=O)C(N)CNC(=O)[C@H](C2CCN=C(N)N2)NC(=O)/C(=C/NC(N)=O)NC1=O. The fourth-order valence-electron chi connectivity index (χ4n) is 4.35. The van der Waals surface area contributed by atoms with Crippen molar-refractivity contribution in [3.8, 4) is 0 Å². The van der Waals surface area contributed by atoms with E-state index in [0.29, 0.717) is 19.4 Å². The zero-order valence-corrected chi connectivity index (χ0v) is 25.5. The number of amides is 8. The quantitative estimate of drug-likeness (QED) is 0.0963. The molecule has 0 aromatic heterocycles. The predicted molar refractivity (Wildman–Crippen MR) is 165 cm³/mol. The number of nitrogens with zero attached hydrogens (tertiary/aromatic N) is 1. The van der Waals surface area contributed by atoms with Gasteiger partial charge in [-0.2, -0.15) is 0 Å². The van der Waals surface area contributed by atoms with Crippen LogP contribution in [0.15, 0.2) is 16.9 Å². The minimum atomic E-state index is -1.63. The second-order valence-electron chi connectivity index (χ2n) is 10.7. The van der Waals surface area contributed by atoms with Gasteiger partial charge in [0.05, 0.1) is 12.6 Å². The summed E-state index contributed by atoms with van der Waals surface area (Å²) in [4.78, 5) is 93.9. The van der Waals surface area contributed by atoms with E-state index in [1.54, 1.807) is 0 Å². The number of nitrogens with two attached hydrogens (primary N) is 5. The molecule has 0 aromatic rings. The zero-order chi connectivity index (χ0) is 35.1. The van der Waals surface area contributed by atoms with Gasteiger partial charge in [0.25, 0.3) is 5.91 Å². The molecule has 47 heavy (non-hydrogen) atoms. The van der Waals surface area contributed by atoms with Crippen LogP contribution in [0.2, 0.25) is 0 Å². The molecular formula is C25H44N14O8. The highest BCUT2D eigenvalue weighted by Crippen LogP contribution is 2.07. The number of carbonyl (C=O) groups is 7. The van der Waals surface area contributed by atoms with Crippen molar-refractivity contribution >= 4 is 47.4 Å². The molecule has 0 radical (unpaired) electrons. The maximum Gasteiger partial charge on any atom is 0.316 e. The van der Waals surface area contributed by atoms with Gasteiger partial charge in [0.1, 0.15) is 29.9 Å². The maximum atomic E-state index is 13.5. The number of urea groups is 1. The van der Waals surface area contributed by atoms with Crippen molar-refractivity contribution in [2.45, 2.75) is 61.9 Å². The van der Waals surface area contributed by atoms with Gasteiger partial charge >= 0.3 is 6.03 Å². The standard InChI is InChI=1S/C25H44N14O8/c26-4-1-2-11(27)6-17(41)32-8-14-20(43)35-15(9-34-25(30)47)21(44)39-18(13-3-5-31-24(29)38-13)23(46)33-7-12(28)19(42)37-16(10-40)22(45)36-14/h9,11-14,16,18,40H,1-8,10,26-28H2,(H,32,41)(H,33,46)(H,35,43)(H,36,45)(H,37,42)(H,39,44)(H3,29,31,38)(H3,30,34,47)/b15-9-/t11-,12?,13?,14-,16-,18-/m0/s1. The van der Waals surface area contributed by atoms with E-state index in [4.69, 9.17) is 28.7 Å². The molecule has 19 N–H and O–H groups in total. The Morgan fingerprint density at radius 3 is 2.36 bits per heavy atom. The van der Waals surface area contributed by atoms with Crippen LogP contribution in [0.3, 0.4) is 0 Å². The number of hydrogen-bond acceptors (Lipinski definition) is 14. The van der Waals surface area contributed by atoms with Crippen LogP contribution in [0.1, 0.15) is 25.7 Å². The van der Waals surface area contributed by atoms with E-state index in [0.717, 1.165) is 6.20 Å². The highest BCUT2D eigenvalue weighted by molar-refractivity contribution is 6.02. The summed E-state index contributed by atoms with van der Waals surface area (Å²) in [6.45, 7) is -1.36. The summed E-state index contributed by atoms with van der Waals surface area (Å²) in [6, 6.07) is -8.54. The van der Waals surface area contributed by atoms with Crippen LogP contribution in [-0.2, 0) is 28.8 Å². The van der Waals surface area contributed by atoms with Gasteiger partial charge in [0, 0.05) is 38.3 Å². The smallest absolute Gasteiger partial charge is 0.316 e. The van der Waals surface area contributed by atoms with E-state index >= 15 is 0 Å². The largest absolute Gasteiger partial charge is 0.394 e. The fraction of sp³-hybridized carbons (Fsp3) is 0.600. The summed E-state index contributed by atoms with van der Waals surface area (Å²) in [5.41, 5.74) is 27.6. The Kier molecular flexibility index (Phi) is 15.2. The van der Waals surface area contributed by atoms with Gasteiger partial charge in [-0.05, 0) is 25.8 Å². The van der Waals surface area contributed by atoms with E-state index < -0.39 is 103 Å². The molecule has 22 heteroatoms. The Bertz CT molecular complexity index is 1240. The molecule has 2 unspecified atom stereocenters. The molecule has 6 atom stereocenters. The first-order valence-electron chi connectivity index (χ1n) is 14.7. The van der Waals surface area contributed by atoms with E-state index in [1.165, 1.54) is 0 Å². The highest BCUT2D eigenvalue weighted by Gasteiger charge is 2.35. The third-order valence-electron chi connectivity index (χ3n) is 6.90. The van der Waals surface area contributed by atoms with Gasteiger partial charge in [0.15, 0.2) is 5.96 Å². The average molecular weight is 669 g/mol. The summed E-state index contributed by atoms with van der Waals surface area (Å²) in [6.07, 6.45) is 1.86. The Labute approximate surface area is 269 Å². The molecule has 262 valence electrons. The van der Waals surface area contributed by atoms with Gasteiger partial charge in [-0.3, -0.25) is 33.8 Å². The Balaban J connectivity index is 2.45. The van der Waals surface area contributed by atoms with Crippen LogP contribution >= 0.6 is 0 Å². The van der Waals surface area contributed by atoms with Crippen molar-refractivity contribution in [3.63, 3.8) is 0 Å². The van der Waals surface area contributed by atoms with E-state index in [-0.39, 0.29) is 25.3 Å². The number of carbonyl (C=O) groups excluding carboxylic acids is 7. The van der Waals surface area contributed by atoms with Crippen LogP contribution in [0, 0.1) is 0 Å². The number of aliphatic imine (C=N–C) groups is 1. The van der Waals surface area contributed by atoms with Crippen LogP contribution in [-0.4, -0.2) is 122 Å². The zero-order valence-electron chi connectivity index (χ0n) is 25.5. The Hall–Kier alpha value is -5.06. The maximum absolute atomic E-state index is 13.5. The number of hydrogen-bond donors (Lipinski definition) is 14. The lowest BCUT2D eigenvalue weighted by Crippen LogP contribution is -2.64. The molecule has 0 spiro atoms. The lowest BCUT2D eigenvalue weighted by atomic mass is 10.0. The molecule has 2 aliphatic rings. The molecule has 1 saturated heterocycles. The van der Waals surface area contributed by atoms with Crippen LogP contribution in [0.25, 0.3) is 0 Å². The van der Waals surface area contributed by atoms with E-state index in [1.807, 2.05) is 5.32 Å². The van der Waals surface area contributed by atoms with E-state index in [9.17, 15) is 38.7 Å². The average Bonchev–Trinajstić information content (AvgIpc) is 3.02. The number of primary amides is 1. The molecule has 0 bridgehead atoms. The first-order chi connectivity index (χ1) is 22.2. The van der Waals surface area contributed by atoms with Crippen molar-refractivity contribution in [1.82, 2.24) is 42.5 Å². The fourth-order valence-corrected chi connectivity index (χ4v) is 4.35. The van der Waals surface area contributed by atoms with Crippen molar-refractivity contribution in [1.29, 1.82) is 0 Å². The van der Waals surface area contributed by atoms with Gasteiger partial charge in [-0.1, -0.05) is 0 Å². The Morgan fingerprint density at radius 1 is 1.02 bits per heavy atom. The second kappa shape index (κ2) is 18.8. The summed E-state index contributed by atoms with van der Waals surface area (Å²) in [7, 11) is 0. The van der Waals surface area contributed by atoms with Gasteiger partial charge in [0.2, 0.25) is 29.5 Å².